The van der Waals surface area contributed by atoms with Crippen LogP contribution in [0.2, 0.25) is 0 Å². The molecule has 18 heavy (non-hydrogen) atoms. The molecular formula is C12H24O6. The number of hydrogen-bond acceptors (Lipinski definition) is 5. The van der Waals surface area contributed by atoms with Crippen molar-refractivity contribution in [1.29, 1.82) is 0 Å². The van der Waals surface area contributed by atoms with Crippen molar-refractivity contribution in [3.63, 3.8) is 0 Å². The van der Waals surface area contributed by atoms with E-state index in [0.717, 1.165) is 19.1 Å². The fraction of sp³-hybridized carbons (Fsp3) is 0.750. The standard InChI is InChI=1S/C6H14O3.C3H4O2.C3H6O/c7-4-2-1-3-6(9)5-8;1-2-3(4)5;1-3-2-4-3/h6-9H,1-5H2;2H,1H2,(H,4,5);3H,2H2,1H3. The van der Waals surface area contributed by atoms with Crippen molar-refractivity contribution < 1.29 is 30.0 Å². The van der Waals surface area contributed by atoms with Gasteiger partial charge in [0.2, 0.25) is 0 Å². The van der Waals surface area contributed by atoms with Gasteiger partial charge in [0, 0.05) is 12.7 Å². The number of aliphatic hydroxyl groups excluding tert-OH is 3. The van der Waals surface area contributed by atoms with E-state index in [2.05, 4.69) is 13.5 Å². The summed E-state index contributed by atoms with van der Waals surface area (Å²) >= 11 is 0. The number of aliphatic hydroxyl groups is 3. The highest BCUT2D eigenvalue weighted by Crippen LogP contribution is 2.04. The molecule has 2 unspecified atom stereocenters. The molecule has 4 N–H and O–H groups in total. The minimum atomic E-state index is -0.981. The van der Waals surface area contributed by atoms with Gasteiger partial charge >= 0.3 is 5.97 Å². The maximum atomic E-state index is 9.25. The molecule has 1 aliphatic rings. The highest BCUT2D eigenvalue weighted by atomic mass is 16.6. The number of aliphatic carboxylic acids is 1. The molecule has 108 valence electrons. The second-order valence-corrected chi connectivity index (χ2v) is 3.74. The summed E-state index contributed by atoms with van der Waals surface area (Å²) in [5.74, 6) is -0.981. The Hall–Kier alpha value is -0.950. The van der Waals surface area contributed by atoms with Crippen molar-refractivity contribution in [2.24, 2.45) is 0 Å². The first-order valence-electron chi connectivity index (χ1n) is 5.84. The predicted molar refractivity (Wildman–Crippen MR) is 67.3 cm³/mol. The van der Waals surface area contributed by atoms with Crippen LogP contribution in [0, 0.1) is 0 Å². The summed E-state index contributed by atoms with van der Waals surface area (Å²) in [6.45, 7) is 5.99. The van der Waals surface area contributed by atoms with E-state index in [1.165, 1.54) is 0 Å². The molecule has 1 heterocycles. The summed E-state index contributed by atoms with van der Waals surface area (Å²) in [6, 6.07) is 0. The third-order valence-corrected chi connectivity index (χ3v) is 1.83. The molecule has 0 aliphatic carbocycles. The quantitative estimate of drug-likeness (QED) is 0.309. The number of carboxylic acids is 1. The van der Waals surface area contributed by atoms with Crippen molar-refractivity contribution in [2.75, 3.05) is 19.8 Å². The van der Waals surface area contributed by atoms with E-state index in [0.29, 0.717) is 18.9 Å². The number of hydrogen-bond donors (Lipinski definition) is 4. The predicted octanol–water partition coefficient (Wildman–Crippen LogP) is 0.164. The summed E-state index contributed by atoms with van der Waals surface area (Å²) in [7, 11) is 0. The monoisotopic (exact) mass is 264 g/mol. The Labute approximate surface area is 108 Å². The number of carboxylic acid groups (broad SMARTS) is 1. The fourth-order valence-corrected chi connectivity index (χ4v) is 0.679. The zero-order chi connectivity index (χ0) is 14.4. The maximum Gasteiger partial charge on any atom is 0.327 e. The van der Waals surface area contributed by atoms with Gasteiger partial charge in [-0.25, -0.2) is 4.79 Å². The third-order valence-electron chi connectivity index (χ3n) is 1.83. The molecule has 6 nitrogen and oxygen atoms in total. The fourth-order valence-electron chi connectivity index (χ4n) is 0.679. The van der Waals surface area contributed by atoms with E-state index in [1.54, 1.807) is 0 Å². The van der Waals surface area contributed by atoms with Gasteiger partial charge in [-0.3, -0.25) is 0 Å². The molecule has 0 aromatic heterocycles. The zero-order valence-electron chi connectivity index (χ0n) is 10.8. The lowest BCUT2D eigenvalue weighted by Crippen LogP contribution is -2.11. The first-order valence-corrected chi connectivity index (χ1v) is 5.84. The van der Waals surface area contributed by atoms with Crippen molar-refractivity contribution >= 4 is 5.97 Å². The Bertz CT molecular complexity index is 203. The van der Waals surface area contributed by atoms with E-state index >= 15 is 0 Å². The van der Waals surface area contributed by atoms with Gasteiger partial charge in [0.1, 0.15) is 0 Å². The highest BCUT2D eigenvalue weighted by Gasteiger charge is 2.13. The minimum absolute atomic E-state index is 0.165. The van der Waals surface area contributed by atoms with Crippen molar-refractivity contribution in [1.82, 2.24) is 0 Å². The molecule has 0 bridgehead atoms. The molecule has 2 atom stereocenters. The van der Waals surface area contributed by atoms with Crippen LogP contribution in [-0.2, 0) is 9.53 Å². The molecule has 0 aromatic carbocycles. The van der Waals surface area contributed by atoms with E-state index in [9.17, 15) is 4.79 Å². The van der Waals surface area contributed by atoms with Crippen molar-refractivity contribution in [3.05, 3.63) is 12.7 Å². The van der Waals surface area contributed by atoms with Gasteiger partial charge in [-0.2, -0.15) is 0 Å². The number of rotatable bonds is 6. The Morgan fingerprint density at radius 3 is 2.17 bits per heavy atom. The molecule has 1 aliphatic heterocycles. The average Bonchev–Trinajstić information content (AvgIpc) is 3.13. The van der Waals surface area contributed by atoms with Gasteiger partial charge in [-0.1, -0.05) is 6.58 Å². The molecule has 1 saturated heterocycles. The van der Waals surface area contributed by atoms with Crippen LogP contribution >= 0.6 is 0 Å². The summed E-state index contributed by atoms with van der Waals surface area (Å²) < 4.78 is 4.71. The van der Waals surface area contributed by atoms with Gasteiger partial charge in [0.25, 0.3) is 0 Å². The van der Waals surface area contributed by atoms with Crippen LogP contribution in [0.25, 0.3) is 0 Å². The minimum Gasteiger partial charge on any atom is -0.478 e. The molecule has 0 aromatic rings. The largest absolute Gasteiger partial charge is 0.478 e. The van der Waals surface area contributed by atoms with Crippen molar-refractivity contribution in [2.45, 2.75) is 38.4 Å². The normalized spacial score (nSPS) is 17.4. The Balaban J connectivity index is 0. The van der Waals surface area contributed by atoms with Crippen LogP contribution in [0.15, 0.2) is 12.7 Å². The molecule has 1 rings (SSSR count). The van der Waals surface area contributed by atoms with Crippen LogP contribution in [-0.4, -0.2) is 58.4 Å². The summed E-state index contributed by atoms with van der Waals surface area (Å²) in [4.78, 5) is 9.25. The lowest BCUT2D eigenvalue weighted by molar-refractivity contribution is -0.131. The first kappa shape index (κ1) is 19.4. The summed E-state index contributed by atoms with van der Waals surface area (Å²) in [5.41, 5.74) is 0. The third kappa shape index (κ3) is 24.3. The van der Waals surface area contributed by atoms with Gasteiger partial charge < -0.3 is 25.2 Å². The highest BCUT2D eigenvalue weighted by molar-refractivity contribution is 5.78. The second kappa shape index (κ2) is 14.1. The Morgan fingerprint density at radius 2 is 1.94 bits per heavy atom. The van der Waals surface area contributed by atoms with Crippen LogP contribution in [0.4, 0.5) is 0 Å². The number of unbranched alkanes of at least 4 members (excludes halogenated alkanes) is 1. The van der Waals surface area contributed by atoms with Crippen LogP contribution in [0.3, 0.4) is 0 Å². The van der Waals surface area contributed by atoms with Crippen LogP contribution in [0.5, 0.6) is 0 Å². The topological polar surface area (TPSA) is 111 Å². The van der Waals surface area contributed by atoms with Crippen LogP contribution < -0.4 is 0 Å². The molecule has 0 amide bonds. The van der Waals surface area contributed by atoms with E-state index in [-0.39, 0.29) is 13.2 Å². The lowest BCUT2D eigenvalue weighted by atomic mass is 10.2. The van der Waals surface area contributed by atoms with E-state index in [4.69, 9.17) is 25.2 Å². The van der Waals surface area contributed by atoms with Gasteiger partial charge in [0.05, 0.1) is 25.4 Å². The summed E-state index contributed by atoms with van der Waals surface area (Å²) in [5, 5.41) is 33.0. The molecule has 1 fully saturated rings. The summed E-state index contributed by atoms with van der Waals surface area (Å²) in [6.07, 6.45) is 2.88. The first-order chi connectivity index (χ1) is 8.47. The smallest absolute Gasteiger partial charge is 0.327 e. The molecule has 0 saturated carbocycles. The second-order valence-electron chi connectivity index (χ2n) is 3.74. The van der Waals surface area contributed by atoms with Gasteiger partial charge in [-0.05, 0) is 26.2 Å². The van der Waals surface area contributed by atoms with Crippen molar-refractivity contribution in [3.8, 4) is 0 Å². The Kier molecular flexibility index (Phi) is 15.2. The Morgan fingerprint density at radius 1 is 1.50 bits per heavy atom. The molecule has 6 heteroatoms. The zero-order valence-corrected chi connectivity index (χ0v) is 10.8. The number of epoxide rings is 1. The van der Waals surface area contributed by atoms with Gasteiger partial charge in [-0.15, -0.1) is 0 Å². The molecule has 0 radical (unpaired) electrons. The molecule has 0 spiro atoms. The number of carbonyl (C=O) groups is 1. The maximum absolute atomic E-state index is 9.25. The number of ether oxygens (including phenoxy) is 1. The average molecular weight is 264 g/mol. The lowest BCUT2D eigenvalue weighted by Gasteiger charge is -2.03. The molecular weight excluding hydrogens is 240 g/mol. The van der Waals surface area contributed by atoms with Crippen LogP contribution in [0.1, 0.15) is 26.2 Å². The van der Waals surface area contributed by atoms with Gasteiger partial charge in [0.15, 0.2) is 0 Å². The van der Waals surface area contributed by atoms with E-state index in [1.807, 2.05) is 0 Å². The SMILES string of the molecule is C=CC(=O)O.CC1CO1.OCCCCC(O)CO. The van der Waals surface area contributed by atoms with E-state index < -0.39 is 12.1 Å².